The molecule has 2 aliphatic heterocycles. The molecule has 3 aliphatic rings. The van der Waals surface area contributed by atoms with E-state index in [1.807, 2.05) is 0 Å². The molecule has 0 radical (unpaired) electrons. The molecule has 2 bridgehead atoms. The molecule has 2 heterocycles. The zero-order valence-electron chi connectivity index (χ0n) is 13.1. The van der Waals surface area contributed by atoms with Crippen LogP contribution in [0.1, 0.15) is 44.9 Å². The first-order valence-electron chi connectivity index (χ1n) is 8.45. The molecule has 0 aromatic carbocycles. The molecule has 7 heteroatoms. The molecule has 3 fully saturated rings. The second-order valence-electron chi connectivity index (χ2n) is 7.00. The summed E-state index contributed by atoms with van der Waals surface area (Å²) in [6.45, 7) is 0.507. The first kappa shape index (κ1) is 16.6. The third-order valence-electron chi connectivity index (χ3n) is 5.43. The fourth-order valence-electron chi connectivity index (χ4n) is 4.13. The van der Waals surface area contributed by atoms with Gasteiger partial charge in [-0.05, 0) is 25.7 Å². The number of amides is 2. The Kier molecular flexibility index (Phi) is 4.56. The molecule has 0 aromatic rings. The Balaban J connectivity index is 1.53. The Morgan fingerprint density at radius 3 is 2.22 bits per heavy atom. The molecule has 0 N–H and O–H groups in total. The zero-order valence-corrected chi connectivity index (χ0v) is 13.1. The van der Waals surface area contributed by atoms with Crippen molar-refractivity contribution in [3.8, 4) is 0 Å². The molecule has 2 amide bonds. The third-order valence-corrected chi connectivity index (χ3v) is 5.43. The number of hydrogen-bond acceptors (Lipinski definition) is 2. The maximum Gasteiger partial charge on any atom is 0.248 e. The van der Waals surface area contributed by atoms with Gasteiger partial charge in [0.1, 0.15) is 0 Å². The molecule has 0 spiro atoms. The molecule has 23 heavy (non-hydrogen) atoms. The van der Waals surface area contributed by atoms with Gasteiger partial charge in [-0.3, -0.25) is 14.0 Å². The van der Waals surface area contributed by atoms with Gasteiger partial charge in [-0.2, -0.15) is 0 Å². The van der Waals surface area contributed by atoms with Crippen molar-refractivity contribution in [3.63, 3.8) is 0 Å². The molecule has 3 rings (SSSR count). The van der Waals surface area contributed by atoms with Crippen LogP contribution in [0.5, 0.6) is 0 Å². The van der Waals surface area contributed by atoms with E-state index in [1.54, 1.807) is 9.80 Å². The van der Waals surface area contributed by atoms with Gasteiger partial charge in [0.05, 0.1) is 18.8 Å². The molecular weight excluding hydrogens is 309 g/mol. The molecule has 130 valence electrons. The van der Waals surface area contributed by atoms with Crippen molar-refractivity contribution >= 4 is 11.8 Å². The van der Waals surface area contributed by atoms with Crippen molar-refractivity contribution in [2.45, 2.75) is 63.0 Å². The fourth-order valence-corrected chi connectivity index (χ4v) is 4.13. The van der Waals surface area contributed by atoms with Crippen LogP contribution < -0.4 is 0 Å². The summed E-state index contributed by atoms with van der Waals surface area (Å²) in [4.78, 5) is 28.1. The lowest BCUT2D eigenvalue weighted by Gasteiger charge is -2.37. The number of rotatable bonds is 4. The highest BCUT2D eigenvalue weighted by atomic mass is 19.3. The summed E-state index contributed by atoms with van der Waals surface area (Å²) in [5.41, 5.74) is 0. The van der Waals surface area contributed by atoms with Crippen LogP contribution in [0.2, 0.25) is 0 Å². The topological polar surface area (TPSA) is 40.6 Å². The van der Waals surface area contributed by atoms with Crippen molar-refractivity contribution in [1.82, 2.24) is 9.80 Å². The number of alkyl halides is 3. The Bertz CT molecular complexity index is 476. The van der Waals surface area contributed by atoms with E-state index in [0.29, 0.717) is 13.1 Å². The lowest BCUT2D eigenvalue weighted by Crippen LogP contribution is -2.52. The first-order valence-corrected chi connectivity index (χ1v) is 8.45. The highest BCUT2D eigenvalue weighted by Crippen LogP contribution is 2.39. The van der Waals surface area contributed by atoms with Crippen molar-refractivity contribution in [3.05, 3.63) is 0 Å². The van der Waals surface area contributed by atoms with E-state index in [0.717, 1.165) is 6.42 Å². The molecule has 2 atom stereocenters. The summed E-state index contributed by atoms with van der Waals surface area (Å²) >= 11 is 0. The van der Waals surface area contributed by atoms with Gasteiger partial charge < -0.3 is 9.80 Å². The third kappa shape index (κ3) is 3.33. The van der Waals surface area contributed by atoms with Gasteiger partial charge >= 0.3 is 0 Å². The quantitative estimate of drug-likeness (QED) is 0.793. The number of carbonyl (C=O) groups is 2. The Morgan fingerprint density at radius 1 is 1.04 bits per heavy atom. The predicted molar refractivity (Wildman–Crippen MR) is 77.7 cm³/mol. The van der Waals surface area contributed by atoms with E-state index in [2.05, 4.69) is 0 Å². The zero-order chi connectivity index (χ0) is 16.6. The number of carbonyl (C=O) groups excluding carboxylic acids is 2. The van der Waals surface area contributed by atoms with Gasteiger partial charge in [-0.25, -0.2) is 8.78 Å². The predicted octanol–water partition coefficient (Wildman–Crippen LogP) is 2.37. The van der Waals surface area contributed by atoms with Crippen LogP contribution in [0.25, 0.3) is 0 Å². The van der Waals surface area contributed by atoms with Crippen LogP contribution in [-0.2, 0) is 9.59 Å². The molecule has 2 saturated heterocycles. The summed E-state index contributed by atoms with van der Waals surface area (Å²) < 4.78 is 38.6. The maximum atomic E-state index is 13.2. The summed E-state index contributed by atoms with van der Waals surface area (Å²) in [5.74, 6) is -2.99. The number of nitrogens with zero attached hydrogens (tertiary/aromatic N) is 2. The van der Waals surface area contributed by atoms with Crippen LogP contribution in [-0.4, -0.2) is 59.4 Å². The normalized spacial score (nSPS) is 30.0. The molecule has 0 unspecified atom stereocenters. The highest BCUT2D eigenvalue weighted by molar-refractivity contribution is 5.81. The summed E-state index contributed by atoms with van der Waals surface area (Å²) in [7, 11) is 0. The molecule has 4 nitrogen and oxygen atoms in total. The monoisotopic (exact) mass is 332 g/mol. The average molecular weight is 332 g/mol. The second kappa shape index (κ2) is 6.32. The lowest BCUT2D eigenvalue weighted by molar-refractivity contribution is -0.145. The van der Waals surface area contributed by atoms with Crippen LogP contribution in [0.3, 0.4) is 0 Å². The van der Waals surface area contributed by atoms with E-state index in [-0.39, 0.29) is 68.3 Å². The van der Waals surface area contributed by atoms with Gasteiger partial charge in [0, 0.05) is 38.3 Å². The Morgan fingerprint density at radius 2 is 1.65 bits per heavy atom. The smallest absolute Gasteiger partial charge is 0.248 e. The van der Waals surface area contributed by atoms with E-state index in [9.17, 15) is 22.8 Å². The fraction of sp³-hybridized carbons (Fsp3) is 0.875. The van der Waals surface area contributed by atoms with Crippen molar-refractivity contribution < 1.29 is 22.8 Å². The number of hydrogen-bond donors (Lipinski definition) is 0. The van der Waals surface area contributed by atoms with E-state index in [4.69, 9.17) is 0 Å². The minimum absolute atomic E-state index is 0.00395. The second-order valence-corrected chi connectivity index (χ2v) is 7.00. The van der Waals surface area contributed by atoms with Gasteiger partial charge in [-0.1, -0.05) is 0 Å². The van der Waals surface area contributed by atoms with Gasteiger partial charge in [-0.15, -0.1) is 0 Å². The molecule has 1 saturated carbocycles. The van der Waals surface area contributed by atoms with Crippen LogP contribution in [0.15, 0.2) is 0 Å². The molecular formula is C16H23F3N2O2. The minimum atomic E-state index is -2.62. The number of fused-ring (bicyclic) bond motifs is 2. The van der Waals surface area contributed by atoms with Crippen LogP contribution in [0.4, 0.5) is 13.2 Å². The number of halogens is 3. The molecule has 1 aliphatic carbocycles. The van der Waals surface area contributed by atoms with E-state index >= 15 is 0 Å². The van der Waals surface area contributed by atoms with E-state index < -0.39 is 12.6 Å². The highest BCUT2D eigenvalue weighted by Gasteiger charge is 2.48. The van der Waals surface area contributed by atoms with Crippen molar-refractivity contribution in [2.75, 3.05) is 19.8 Å². The standard InChI is InChI=1S/C16H23F3N2O2/c17-7-1-2-14(22)20-9-13-8-12(20)10-21(13)15(23)11-3-5-16(18,19)6-4-11/h11-13H,1-10H2/t12-,13-/m0/s1. The van der Waals surface area contributed by atoms with Crippen molar-refractivity contribution in [1.29, 1.82) is 0 Å². The largest absolute Gasteiger partial charge is 0.336 e. The van der Waals surface area contributed by atoms with E-state index in [1.165, 1.54) is 0 Å². The average Bonchev–Trinajstić information content (AvgIpc) is 3.12. The SMILES string of the molecule is O=C(CCCF)N1C[C@@H]2C[C@H]1CN2C(=O)C1CCC(F)(F)CC1. The van der Waals surface area contributed by atoms with Crippen molar-refractivity contribution in [2.24, 2.45) is 5.92 Å². The van der Waals surface area contributed by atoms with Gasteiger partial charge in [0.2, 0.25) is 17.7 Å². The minimum Gasteiger partial charge on any atom is -0.336 e. The van der Waals surface area contributed by atoms with Crippen LogP contribution >= 0.6 is 0 Å². The van der Waals surface area contributed by atoms with Gasteiger partial charge in [0.15, 0.2) is 0 Å². The summed E-state index contributed by atoms with van der Waals surface area (Å²) in [5, 5.41) is 0. The van der Waals surface area contributed by atoms with Crippen LogP contribution in [0, 0.1) is 5.92 Å². The van der Waals surface area contributed by atoms with Gasteiger partial charge in [0.25, 0.3) is 0 Å². The summed E-state index contributed by atoms with van der Waals surface area (Å²) in [6, 6.07) is 0.0188. The Labute approximate surface area is 134 Å². The Hall–Kier alpha value is -1.27. The first-order chi connectivity index (χ1) is 10.9. The lowest BCUT2D eigenvalue weighted by atomic mass is 9.85. The number of likely N-dealkylation sites (tertiary alicyclic amines) is 2. The molecule has 0 aromatic heterocycles. The number of piperazine rings is 1. The summed E-state index contributed by atoms with van der Waals surface area (Å²) in [6.07, 6.45) is 1.29. The maximum absolute atomic E-state index is 13.2.